The lowest BCUT2D eigenvalue weighted by Gasteiger charge is -2.39. The number of thiophene rings is 1. The van der Waals surface area contributed by atoms with Crippen molar-refractivity contribution in [2.45, 2.75) is 58.5 Å². The van der Waals surface area contributed by atoms with Crippen LogP contribution in [0.2, 0.25) is 0 Å². The van der Waals surface area contributed by atoms with Gasteiger partial charge in [0.1, 0.15) is 6.54 Å². The summed E-state index contributed by atoms with van der Waals surface area (Å²) in [4.78, 5) is 32.6. The quantitative estimate of drug-likeness (QED) is 0.424. The van der Waals surface area contributed by atoms with Crippen LogP contribution in [0.4, 0.5) is 0 Å². The molecule has 1 aliphatic heterocycles. The number of hydrogen-bond donors (Lipinski definition) is 0. The molecule has 2 amide bonds. The zero-order valence-corrected chi connectivity index (χ0v) is 21.3. The van der Waals surface area contributed by atoms with Crippen molar-refractivity contribution in [3.8, 4) is 0 Å². The number of benzene rings is 2. The Kier molecular flexibility index (Phi) is 7.52. The Hall–Kier alpha value is -2.92. The summed E-state index contributed by atoms with van der Waals surface area (Å²) in [7, 11) is 0. The van der Waals surface area contributed by atoms with Crippen LogP contribution in [0.25, 0.3) is 0 Å². The molecule has 0 N–H and O–H groups in total. The molecule has 0 saturated heterocycles. The van der Waals surface area contributed by atoms with E-state index < -0.39 is 0 Å². The number of nitrogens with zero attached hydrogens (tertiary/aromatic N) is 2. The van der Waals surface area contributed by atoms with Gasteiger partial charge < -0.3 is 9.80 Å². The van der Waals surface area contributed by atoms with Crippen molar-refractivity contribution in [2.24, 2.45) is 0 Å². The van der Waals surface area contributed by atoms with Gasteiger partial charge in [-0.2, -0.15) is 0 Å². The lowest BCUT2D eigenvalue weighted by atomic mass is 9.90. The third-order valence-corrected chi connectivity index (χ3v) is 7.89. The normalized spacial score (nSPS) is 16.3. The number of aryl methyl sites for hydroxylation is 1. The minimum Gasteiger partial charge on any atom is -0.330 e. The number of carbonyl (C=O) groups is 2. The van der Waals surface area contributed by atoms with Crippen LogP contribution in [0.3, 0.4) is 0 Å². The molecule has 1 aromatic heterocycles. The molecule has 0 saturated carbocycles. The maximum absolute atomic E-state index is 13.8. The average molecular weight is 475 g/mol. The van der Waals surface area contributed by atoms with Crippen molar-refractivity contribution < 1.29 is 9.59 Å². The van der Waals surface area contributed by atoms with Crippen LogP contribution in [-0.4, -0.2) is 40.7 Å². The second-order valence-electron chi connectivity index (χ2n) is 9.33. The van der Waals surface area contributed by atoms with Crippen LogP contribution in [0.5, 0.6) is 0 Å². The number of hydrogen-bond acceptors (Lipinski definition) is 3. The fourth-order valence-electron chi connectivity index (χ4n) is 5.00. The van der Waals surface area contributed by atoms with Crippen molar-refractivity contribution >= 4 is 23.2 Å². The van der Waals surface area contributed by atoms with E-state index in [2.05, 4.69) is 30.5 Å². The number of amides is 2. The number of carbonyl (C=O) groups excluding carboxylic acids is 2. The predicted molar refractivity (Wildman–Crippen MR) is 139 cm³/mol. The molecular formula is C29H34N2O2S. The highest BCUT2D eigenvalue weighted by atomic mass is 32.1. The molecular weight excluding hydrogens is 440 g/mol. The maximum Gasteiger partial charge on any atom is 0.243 e. The van der Waals surface area contributed by atoms with Crippen LogP contribution in [0.1, 0.15) is 66.3 Å². The lowest BCUT2D eigenvalue weighted by Crippen LogP contribution is -2.49. The third kappa shape index (κ3) is 4.80. The molecule has 2 atom stereocenters. The maximum atomic E-state index is 13.8. The van der Waals surface area contributed by atoms with E-state index in [0.717, 1.165) is 17.5 Å². The molecule has 2 aromatic carbocycles. The molecule has 2 heterocycles. The van der Waals surface area contributed by atoms with E-state index in [-0.39, 0.29) is 36.4 Å². The Morgan fingerprint density at radius 2 is 1.74 bits per heavy atom. The van der Waals surface area contributed by atoms with Crippen LogP contribution < -0.4 is 0 Å². The molecule has 0 aliphatic carbocycles. The highest BCUT2D eigenvalue weighted by Gasteiger charge is 2.36. The summed E-state index contributed by atoms with van der Waals surface area (Å²) in [6.45, 7) is 8.90. The zero-order valence-electron chi connectivity index (χ0n) is 20.5. The SMILES string of the molecule is CCC(C(=O)N(CC(=O)N1CCc2sccc2C1c1ccccc1C)C(C)C)c1ccccc1. The van der Waals surface area contributed by atoms with Crippen molar-refractivity contribution in [2.75, 3.05) is 13.1 Å². The highest BCUT2D eigenvalue weighted by Crippen LogP contribution is 2.39. The molecule has 0 radical (unpaired) electrons. The molecule has 2 unspecified atom stereocenters. The second-order valence-corrected chi connectivity index (χ2v) is 10.3. The largest absolute Gasteiger partial charge is 0.330 e. The van der Waals surface area contributed by atoms with Crippen molar-refractivity contribution in [1.29, 1.82) is 0 Å². The molecule has 0 fully saturated rings. The van der Waals surface area contributed by atoms with E-state index in [0.29, 0.717) is 13.0 Å². The van der Waals surface area contributed by atoms with Gasteiger partial charge in [-0.1, -0.05) is 61.5 Å². The summed E-state index contributed by atoms with van der Waals surface area (Å²) in [5, 5.41) is 2.12. The molecule has 4 nitrogen and oxygen atoms in total. The minimum atomic E-state index is -0.242. The first-order valence-electron chi connectivity index (χ1n) is 12.2. The van der Waals surface area contributed by atoms with Gasteiger partial charge >= 0.3 is 0 Å². The van der Waals surface area contributed by atoms with Gasteiger partial charge in [0, 0.05) is 17.5 Å². The van der Waals surface area contributed by atoms with Gasteiger partial charge in [0.25, 0.3) is 0 Å². The smallest absolute Gasteiger partial charge is 0.243 e. The van der Waals surface area contributed by atoms with Gasteiger partial charge in [-0.05, 0) is 67.3 Å². The van der Waals surface area contributed by atoms with Gasteiger partial charge in [0.15, 0.2) is 0 Å². The van der Waals surface area contributed by atoms with Crippen molar-refractivity contribution in [1.82, 2.24) is 9.80 Å². The Morgan fingerprint density at radius 1 is 1.03 bits per heavy atom. The summed E-state index contributed by atoms with van der Waals surface area (Å²) in [6.07, 6.45) is 1.56. The van der Waals surface area contributed by atoms with E-state index in [4.69, 9.17) is 0 Å². The Morgan fingerprint density at radius 3 is 2.41 bits per heavy atom. The number of rotatable bonds is 7. The lowest BCUT2D eigenvalue weighted by molar-refractivity contribution is -0.144. The van der Waals surface area contributed by atoms with Crippen molar-refractivity contribution in [3.63, 3.8) is 0 Å². The molecule has 34 heavy (non-hydrogen) atoms. The summed E-state index contributed by atoms with van der Waals surface area (Å²) >= 11 is 1.77. The summed E-state index contributed by atoms with van der Waals surface area (Å²) in [6, 6.07) is 20.2. The fourth-order valence-corrected chi connectivity index (χ4v) is 5.91. The Labute approximate surface area is 207 Å². The molecule has 178 valence electrons. The van der Waals surface area contributed by atoms with Crippen LogP contribution in [-0.2, 0) is 16.0 Å². The van der Waals surface area contributed by atoms with Crippen LogP contribution in [0.15, 0.2) is 66.0 Å². The van der Waals surface area contributed by atoms with E-state index in [1.54, 1.807) is 16.2 Å². The molecule has 5 heteroatoms. The topological polar surface area (TPSA) is 40.6 Å². The third-order valence-electron chi connectivity index (χ3n) is 6.89. The van der Waals surface area contributed by atoms with Gasteiger partial charge in [-0.3, -0.25) is 9.59 Å². The fraction of sp³-hybridized carbons (Fsp3) is 0.379. The van der Waals surface area contributed by atoms with E-state index in [1.165, 1.54) is 16.0 Å². The standard InChI is InChI=1S/C29H34N2O2S/c1-5-23(22-12-7-6-8-13-22)29(33)31(20(2)3)19-27(32)30-17-15-26-25(16-18-34-26)28(30)24-14-10-9-11-21(24)4/h6-14,16,18,20,23,28H,5,15,17,19H2,1-4H3. The van der Waals surface area contributed by atoms with Gasteiger partial charge in [0.2, 0.25) is 11.8 Å². The second kappa shape index (κ2) is 10.6. The zero-order chi connectivity index (χ0) is 24.2. The monoisotopic (exact) mass is 474 g/mol. The summed E-state index contributed by atoms with van der Waals surface area (Å²) in [5.41, 5.74) is 4.56. The Bertz CT molecular complexity index is 1140. The summed E-state index contributed by atoms with van der Waals surface area (Å²) < 4.78 is 0. The van der Waals surface area contributed by atoms with Gasteiger partial charge in [0.05, 0.1) is 12.0 Å². The molecule has 3 aromatic rings. The number of fused-ring (bicyclic) bond motifs is 1. The van der Waals surface area contributed by atoms with Gasteiger partial charge in [-0.15, -0.1) is 11.3 Å². The highest BCUT2D eigenvalue weighted by molar-refractivity contribution is 7.10. The molecule has 4 rings (SSSR count). The first-order chi connectivity index (χ1) is 16.4. The Balaban J connectivity index is 1.62. The molecule has 0 bridgehead atoms. The van der Waals surface area contributed by atoms with E-state index in [9.17, 15) is 9.59 Å². The minimum absolute atomic E-state index is 0.00932. The molecule has 1 aliphatic rings. The average Bonchev–Trinajstić information content (AvgIpc) is 3.32. The molecule has 0 spiro atoms. The first-order valence-corrected chi connectivity index (χ1v) is 13.1. The van der Waals surface area contributed by atoms with Crippen LogP contribution >= 0.6 is 11.3 Å². The predicted octanol–water partition coefficient (Wildman–Crippen LogP) is 5.96. The summed E-state index contributed by atoms with van der Waals surface area (Å²) in [5.74, 6) is -0.207. The van der Waals surface area contributed by atoms with E-state index in [1.807, 2.05) is 68.1 Å². The van der Waals surface area contributed by atoms with E-state index >= 15 is 0 Å². The van der Waals surface area contributed by atoms with Gasteiger partial charge in [-0.25, -0.2) is 0 Å². The van der Waals surface area contributed by atoms with Crippen LogP contribution in [0, 0.1) is 6.92 Å². The first kappa shape index (κ1) is 24.2. The van der Waals surface area contributed by atoms with Crippen molar-refractivity contribution in [3.05, 3.63) is 93.2 Å².